The van der Waals surface area contributed by atoms with Crippen molar-refractivity contribution in [1.29, 1.82) is 0 Å². The van der Waals surface area contributed by atoms with Crippen molar-refractivity contribution in [3.8, 4) is 17.2 Å². The molecule has 2 rings (SSSR count). The van der Waals surface area contributed by atoms with E-state index < -0.39 is 16.1 Å². The van der Waals surface area contributed by atoms with Crippen LogP contribution in [-0.2, 0) is 14.8 Å². The number of sulfonamides is 1. The molecule has 1 unspecified atom stereocenters. The number of carbonyl (C=O) groups is 1. The Kier molecular flexibility index (Phi) is 8.35. The maximum absolute atomic E-state index is 12.4. The van der Waals surface area contributed by atoms with Gasteiger partial charge >= 0.3 is 0 Å². The van der Waals surface area contributed by atoms with Gasteiger partial charge in [0.25, 0.3) is 5.91 Å². The first-order valence-electron chi connectivity index (χ1n) is 9.49. The fourth-order valence-electron chi connectivity index (χ4n) is 2.56. The standard InChI is InChI=1S/C21H28N2O6S/c1-5-20(29-17-11-9-16(10-12-17)23(2)30(4,25)26)21(24)22-13-14-28-19-8-6-7-18(15-19)27-3/h6-12,15,20H,5,13-14H2,1-4H3,(H,22,24). The number of ether oxygens (including phenoxy) is 3. The highest BCUT2D eigenvalue weighted by Gasteiger charge is 2.18. The summed E-state index contributed by atoms with van der Waals surface area (Å²) in [5.41, 5.74) is 0.511. The van der Waals surface area contributed by atoms with E-state index in [0.717, 1.165) is 6.26 Å². The van der Waals surface area contributed by atoms with Crippen molar-refractivity contribution in [2.45, 2.75) is 19.4 Å². The minimum absolute atomic E-state index is 0.246. The van der Waals surface area contributed by atoms with Crippen LogP contribution in [0.15, 0.2) is 48.5 Å². The molecule has 0 fully saturated rings. The Morgan fingerprint density at radius 1 is 1.10 bits per heavy atom. The summed E-state index contributed by atoms with van der Waals surface area (Å²) < 4.78 is 40.9. The Hall–Kier alpha value is -2.94. The van der Waals surface area contributed by atoms with Crippen molar-refractivity contribution in [1.82, 2.24) is 5.32 Å². The van der Waals surface area contributed by atoms with E-state index in [4.69, 9.17) is 14.2 Å². The van der Waals surface area contributed by atoms with Gasteiger partial charge in [-0.1, -0.05) is 13.0 Å². The molecule has 0 bridgehead atoms. The van der Waals surface area contributed by atoms with Crippen molar-refractivity contribution in [3.63, 3.8) is 0 Å². The zero-order valence-corrected chi connectivity index (χ0v) is 18.4. The number of amides is 1. The molecule has 0 saturated carbocycles. The van der Waals surface area contributed by atoms with Crippen LogP contribution >= 0.6 is 0 Å². The molecule has 0 heterocycles. The molecule has 1 N–H and O–H groups in total. The van der Waals surface area contributed by atoms with Crippen molar-refractivity contribution in [2.75, 3.05) is 37.9 Å². The molecule has 164 valence electrons. The zero-order chi connectivity index (χ0) is 22.1. The SMILES string of the molecule is CCC(Oc1ccc(N(C)S(C)(=O)=O)cc1)C(=O)NCCOc1cccc(OC)c1. The van der Waals surface area contributed by atoms with Gasteiger partial charge in [0.2, 0.25) is 10.0 Å². The topological polar surface area (TPSA) is 94.2 Å². The first-order chi connectivity index (χ1) is 14.2. The van der Waals surface area contributed by atoms with Crippen LogP contribution in [0.1, 0.15) is 13.3 Å². The summed E-state index contributed by atoms with van der Waals surface area (Å²) in [6, 6.07) is 13.8. The number of hydrogen-bond donors (Lipinski definition) is 1. The van der Waals surface area contributed by atoms with Gasteiger partial charge in [0.05, 0.1) is 25.6 Å². The van der Waals surface area contributed by atoms with Gasteiger partial charge in [0.15, 0.2) is 6.10 Å². The second-order valence-electron chi connectivity index (χ2n) is 6.56. The predicted molar refractivity (Wildman–Crippen MR) is 116 cm³/mol. The van der Waals surface area contributed by atoms with Crippen molar-refractivity contribution < 1.29 is 27.4 Å². The third-order valence-electron chi connectivity index (χ3n) is 4.35. The Labute approximate surface area is 177 Å². The van der Waals surface area contributed by atoms with Crippen LogP contribution in [0.4, 0.5) is 5.69 Å². The second-order valence-corrected chi connectivity index (χ2v) is 8.57. The van der Waals surface area contributed by atoms with E-state index in [9.17, 15) is 13.2 Å². The maximum Gasteiger partial charge on any atom is 0.261 e. The molecule has 0 aliphatic heterocycles. The van der Waals surface area contributed by atoms with Gasteiger partial charge in [0.1, 0.15) is 23.9 Å². The van der Waals surface area contributed by atoms with E-state index in [2.05, 4.69) is 5.32 Å². The van der Waals surface area contributed by atoms with E-state index >= 15 is 0 Å². The average molecular weight is 437 g/mol. The van der Waals surface area contributed by atoms with E-state index in [0.29, 0.717) is 42.5 Å². The molecule has 0 aliphatic carbocycles. The predicted octanol–water partition coefficient (Wildman–Crippen LogP) is 2.44. The summed E-state index contributed by atoms with van der Waals surface area (Å²) >= 11 is 0. The normalized spacial score (nSPS) is 12.0. The van der Waals surface area contributed by atoms with Crippen LogP contribution < -0.4 is 23.8 Å². The minimum atomic E-state index is -3.34. The van der Waals surface area contributed by atoms with Gasteiger partial charge in [-0.05, 0) is 42.8 Å². The Bertz CT molecular complexity index is 931. The fourth-order valence-corrected chi connectivity index (χ4v) is 3.07. The first kappa shape index (κ1) is 23.3. The fraction of sp³-hybridized carbons (Fsp3) is 0.381. The first-order valence-corrected chi connectivity index (χ1v) is 11.3. The van der Waals surface area contributed by atoms with Gasteiger partial charge < -0.3 is 19.5 Å². The molecular weight excluding hydrogens is 408 g/mol. The number of carbonyl (C=O) groups excluding carboxylic acids is 1. The highest BCUT2D eigenvalue weighted by molar-refractivity contribution is 7.92. The Morgan fingerprint density at radius 3 is 2.37 bits per heavy atom. The van der Waals surface area contributed by atoms with Crippen molar-refractivity contribution in [3.05, 3.63) is 48.5 Å². The van der Waals surface area contributed by atoms with Crippen LogP contribution in [0.5, 0.6) is 17.2 Å². The lowest BCUT2D eigenvalue weighted by Gasteiger charge is -2.19. The molecule has 0 aliphatic rings. The number of nitrogens with one attached hydrogen (secondary N) is 1. The highest BCUT2D eigenvalue weighted by Crippen LogP contribution is 2.21. The average Bonchev–Trinajstić information content (AvgIpc) is 2.74. The molecule has 0 radical (unpaired) electrons. The molecule has 30 heavy (non-hydrogen) atoms. The third-order valence-corrected chi connectivity index (χ3v) is 5.56. The number of anilines is 1. The van der Waals surface area contributed by atoms with E-state index in [1.54, 1.807) is 37.4 Å². The number of nitrogens with zero attached hydrogens (tertiary/aromatic N) is 1. The zero-order valence-electron chi connectivity index (χ0n) is 17.6. The third kappa shape index (κ3) is 6.84. The van der Waals surface area contributed by atoms with Crippen LogP contribution in [0.2, 0.25) is 0 Å². The van der Waals surface area contributed by atoms with Crippen LogP contribution in [0.25, 0.3) is 0 Å². The number of hydrogen-bond acceptors (Lipinski definition) is 6. The largest absolute Gasteiger partial charge is 0.497 e. The quantitative estimate of drug-likeness (QED) is 0.544. The monoisotopic (exact) mass is 436 g/mol. The molecular formula is C21H28N2O6S. The molecule has 1 atom stereocenters. The molecule has 1 amide bonds. The van der Waals surface area contributed by atoms with Crippen molar-refractivity contribution >= 4 is 21.6 Å². The number of benzene rings is 2. The van der Waals surface area contributed by atoms with Crippen molar-refractivity contribution in [2.24, 2.45) is 0 Å². The molecule has 2 aromatic rings. The van der Waals surface area contributed by atoms with Crippen LogP contribution in [0, 0.1) is 0 Å². The second kappa shape index (κ2) is 10.7. The number of rotatable bonds is 11. The lowest BCUT2D eigenvalue weighted by Crippen LogP contribution is -2.39. The Balaban J connectivity index is 1.84. The van der Waals surface area contributed by atoms with Gasteiger partial charge in [-0.2, -0.15) is 0 Å². The summed E-state index contributed by atoms with van der Waals surface area (Å²) in [5, 5.41) is 2.79. The summed E-state index contributed by atoms with van der Waals surface area (Å²) in [6.45, 7) is 2.48. The molecule has 0 saturated heterocycles. The smallest absolute Gasteiger partial charge is 0.261 e. The highest BCUT2D eigenvalue weighted by atomic mass is 32.2. The van der Waals surface area contributed by atoms with Crippen LogP contribution in [0.3, 0.4) is 0 Å². The summed E-state index contributed by atoms with van der Waals surface area (Å²) in [4.78, 5) is 12.4. The van der Waals surface area contributed by atoms with Gasteiger partial charge in [-0.3, -0.25) is 9.10 Å². The van der Waals surface area contributed by atoms with Gasteiger partial charge in [0, 0.05) is 13.1 Å². The summed E-state index contributed by atoms with van der Waals surface area (Å²) in [5.74, 6) is 1.59. The molecule has 0 aromatic heterocycles. The molecule has 8 nitrogen and oxygen atoms in total. The molecule has 9 heteroatoms. The summed E-state index contributed by atoms with van der Waals surface area (Å²) in [6.07, 6.45) is 0.945. The van der Waals surface area contributed by atoms with Gasteiger partial charge in [-0.25, -0.2) is 8.42 Å². The van der Waals surface area contributed by atoms with Crippen LogP contribution in [-0.4, -0.2) is 54.0 Å². The minimum Gasteiger partial charge on any atom is -0.497 e. The molecule has 0 spiro atoms. The molecule has 2 aromatic carbocycles. The lowest BCUT2D eigenvalue weighted by atomic mass is 10.2. The number of methoxy groups -OCH3 is 1. The Morgan fingerprint density at radius 2 is 1.77 bits per heavy atom. The van der Waals surface area contributed by atoms with Gasteiger partial charge in [-0.15, -0.1) is 0 Å². The maximum atomic E-state index is 12.4. The van der Waals surface area contributed by atoms with E-state index in [1.807, 2.05) is 25.1 Å². The summed E-state index contributed by atoms with van der Waals surface area (Å²) in [7, 11) is -0.279. The lowest BCUT2D eigenvalue weighted by molar-refractivity contribution is -0.128. The van der Waals surface area contributed by atoms with E-state index in [1.165, 1.54) is 11.4 Å². The van der Waals surface area contributed by atoms with E-state index in [-0.39, 0.29) is 5.91 Å².